The summed E-state index contributed by atoms with van der Waals surface area (Å²) in [6.07, 6.45) is 1.18. The molecule has 2 unspecified atom stereocenters. The maximum atomic E-state index is 14.3. The van der Waals surface area contributed by atoms with Crippen molar-refractivity contribution in [3.05, 3.63) is 29.6 Å². The van der Waals surface area contributed by atoms with Crippen molar-refractivity contribution in [3.8, 4) is 0 Å². The van der Waals surface area contributed by atoms with Crippen LogP contribution in [0.2, 0.25) is 0 Å². The summed E-state index contributed by atoms with van der Waals surface area (Å²) in [7, 11) is 0. The Morgan fingerprint density at radius 2 is 1.95 bits per heavy atom. The normalized spacial score (nSPS) is 23.4. The second-order valence-corrected chi connectivity index (χ2v) is 7.53. The van der Waals surface area contributed by atoms with Gasteiger partial charge in [-0.3, -0.25) is 0 Å². The molecule has 1 aliphatic heterocycles. The van der Waals surface area contributed by atoms with Gasteiger partial charge in [-0.1, -0.05) is 19.9 Å². The number of anilines is 1. The summed E-state index contributed by atoms with van der Waals surface area (Å²) in [5.41, 5.74) is 1.85. The van der Waals surface area contributed by atoms with Gasteiger partial charge in [0.25, 0.3) is 0 Å². The van der Waals surface area contributed by atoms with E-state index in [0.717, 1.165) is 30.3 Å². The van der Waals surface area contributed by atoms with Crippen LogP contribution in [-0.4, -0.2) is 18.6 Å². The second-order valence-electron chi connectivity index (χ2n) is 7.53. The Morgan fingerprint density at radius 3 is 2.57 bits per heavy atom. The van der Waals surface area contributed by atoms with Crippen LogP contribution in [0.4, 0.5) is 10.1 Å². The quantitative estimate of drug-likeness (QED) is 0.898. The molecule has 118 valence electrons. The molecule has 2 rings (SSSR count). The summed E-state index contributed by atoms with van der Waals surface area (Å²) in [4.78, 5) is 2.35. The van der Waals surface area contributed by atoms with Crippen LogP contribution in [-0.2, 0) is 6.54 Å². The van der Waals surface area contributed by atoms with Crippen molar-refractivity contribution >= 4 is 5.69 Å². The minimum atomic E-state index is -0.101. The molecule has 0 aromatic heterocycles. The van der Waals surface area contributed by atoms with E-state index < -0.39 is 0 Å². The Bertz CT molecular complexity index is 479. The van der Waals surface area contributed by atoms with E-state index in [2.05, 4.69) is 50.9 Å². The molecule has 0 aliphatic carbocycles. The van der Waals surface area contributed by atoms with E-state index in [1.165, 1.54) is 6.42 Å². The van der Waals surface area contributed by atoms with E-state index in [0.29, 0.717) is 12.5 Å². The van der Waals surface area contributed by atoms with Gasteiger partial charge in [0.15, 0.2) is 0 Å². The predicted molar refractivity (Wildman–Crippen MR) is 88.2 cm³/mol. The topological polar surface area (TPSA) is 15.3 Å². The molecule has 2 atom stereocenters. The molecule has 0 saturated carbocycles. The van der Waals surface area contributed by atoms with E-state index >= 15 is 0 Å². The number of hydrogen-bond acceptors (Lipinski definition) is 2. The average molecular weight is 292 g/mol. The van der Waals surface area contributed by atoms with Crippen LogP contribution in [0.3, 0.4) is 0 Å². The fraction of sp³-hybridized carbons (Fsp3) is 0.667. The standard InChI is InChI=1S/C18H29FN2/c1-13-9-10-21(12-14(13)2)17-8-6-7-16(19)15(17)11-20-18(3,4)5/h6-8,13-14,20H,9-12H2,1-5H3. The first kappa shape index (κ1) is 16.3. The van der Waals surface area contributed by atoms with E-state index in [1.807, 2.05) is 6.07 Å². The lowest BCUT2D eigenvalue weighted by atomic mass is 9.88. The first-order valence-electron chi connectivity index (χ1n) is 8.05. The van der Waals surface area contributed by atoms with Gasteiger partial charge in [-0.2, -0.15) is 0 Å². The first-order valence-corrected chi connectivity index (χ1v) is 8.05. The van der Waals surface area contributed by atoms with Crippen LogP contribution < -0.4 is 10.2 Å². The lowest BCUT2D eigenvalue weighted by Gasteiger charge is -2.38. The third-order valence-electron chi connectivity index (χ3n) is 4.56. The van der Waals surface area contributed by atoms with E-state index in [9.17, 15) is 4.39 Å². The van der Waals surface area contributed by atoms with Crippen LogP contribution in [0.5, 0.6) is 0 Å². The van der Waals surface area contributed by atoms with Crippen LogP contribution in [0, 0.1) is 17.7 Å². The molecule has 1 N–H and O–H groups in total. The van der Waals surface area contributed by atoms with Gasteiger partial charge >= 0.3 is 0 Å². The lowest BCUT2D eigenvalue weighted by Crippen LogP contribution is -2.40. The molecule has 1 aromatic carbocycles. The van der Waals surface area contributed by atoms with Gasteiger partial charge in [0.05, 0.1) is 0 Å². The maximum Gasteiger partial charge on any atom is 0.129 e. The highest BCUT2D eigenvalue weighted by atomic mass is 19.1. The fourth-order valence-corrected chi connectivity index (χ4v) is 2.85. The molecular formula is C18H29FN2. The average Bonchev–Trinajstić information content (AvgIpc) is 2.39. The molecular weight excluding hydrogens is 263 g/mol. The van der Waals surface area contributed by atoms with E-state index in [-0.39, 0.29) is 11.4 Å². The summed E-state index contributed by atoms with van der Waals surface area (Å²) >= 11 is 0. The molecule has 1 heterocycles. The zero-order chi connectivity index (χ0) is 15.6. The fourth-order valence-electron chi connectivity index (χ4n) is 2.85. The van der Waals surface area contributed by atoms with Gasteiger partial charge in [0, 0.05) is 36.4 Å². The summed E-state index contributed by atoms with van der Waals surface area (Å²) in [5.74, 6) is 1.31. The van der Waals surface area contributed by atoms with Crippen molar-refractivity contribution in [2.24, 2.45) is 11.8 Å². The smallest absolute Gasteiger partial charge is 0.129 e. The minimum absolute atomic E-state index is 0.0107. The molecule has 0 bridgehead atoms. The summed E-state index contributed by atoms with van der Waals surface area (Å²) in [6.45, 7) is 13.6. The zero-order valence-electron chi connectivity index (χ0n) is 14.0. The number of nitrogens with zero attached hydrogens (tertiary/aromatic N) is 1. The number of piperidine rings is 1. The maximum absolute atomic E-state index is 14.3. The number of rotatable bonds is 3. The number of benzene rings is 1. The molecule has 0 spiro atoms. The molecule has 1 saturated heterocycles. The largest absolute Gasteiger partial charge is 0.371 e. The van der Waals surface area contributed by atoms with Gasteiger partial charge < -0.3 is 10.2 Å². The molecule has 0 amide bonds. The van der Waals surface area contributed by atoms with Crippen LogP contribution in [0.15, 0.2) is 18.2 Å². The first-order chi connectivity index (χ1) is 9.78. The Kier molecular flexibility index (Phi) is 4.92. The number of halogens is 1. The lowest BCUT2D eigenvalue weighted by molar-refractivity contribution is 0.323. The van der Waals surface area contributed by atoms with Crippen molar-refractivity contribution in [2.75, 3.05) is 18.0 Å². The molecule has 1 aromatic rings. The van der Waals surface area contributed by atoms with Crippen molar-refractivity contribution in [3.63, 3.8) is 0 Å². The predicted octanol–water partition coefficient (Wildman–Crippen LogP) is 4.20. The highest BCUT2D eigenvalue weighted by molar-refractivity contribution is 5.54. The van der Waals surface area contributed by atoms with Crippen LogP contribution in [0.1, 0.15) is 46.6 Å². The van der Waals surface area contributed by atoms with Crippen molar-refractivity contribution in [2.45, 2.75) is 53.1 Å². The Labute approximate surface area is 128 Å². The summed E-state index contributed by atoms with van der Waals surface area (Å²) in [5, 5.41) is 3.41. The molecule has 1 aliphatic rings. The van der Waals surface area contributed by atoms with Crippen LogP contribution >= 0.6 is 0 Å². The molecule has 0 radical (unpaired) electrons. The summed E-state index contributed by atoms with van der Waals surface area (Å²) in [6, 6.07) is 5.46. The van der Waals surface area contributed by atoms with E-state index in [4.69, 9.17) is 0 Å². The highest BCUT2D eigenvalue weighted by Crippen LogP contribution is 2.30. The van der Waals surface area contributed by atoms with E-state index in [1.54, 1.807) is 6.07 Å². The number of hydrogen-bond donors (Lipinski definition) is 1. The Morgan fingerprint density at radius 1 is 1.24 bits per heavy atom. The minimum Gasteiger partial charge on any atom is -0.371 e. The van der Waals surface area contributed by atoms with Crippen molar-refractivity contribution in [1.29, 1.82) is 0 Å². The molecule has 3 heteroatoms. The summed E-state index contributed by atoms with van der Waals surface area (Å²) < 4.78 is 14.3. The zero-order valence-corrected chi connectivity index (χ0v) is 14.0. The van der Waals surface area contributed by atoms with Gasteiger partial charge in [0.2, 0.25) is 0 Å². The monoisotopic (exact) mass is 292 g/mol. The molecule has 1 fully saturated rings. The second kappa shape index (κ2) is 6.35. The highest BCUT2D eigenvalue weighted by Gasteiger charge is 2.25. The number of nitrogens with one attached hydrogen (secondary N) is 1. The van der Waals surface area contributed by atoms with Gasteiger partial charge in [-0.15, -0.1) is 0 Å². The third kappa shape index (κ3) is 4.19. The van der Waals surface area contributed by atoms with Gasteiger partial charge in [-0.25, -0.2) is 4.39 Å². The molecule has 21 heavy (non-hydrogen) atoms. The Balaban J connectivity index is 2.21. The van der Waals surface area contributed by atoms with Crippen LogP contribution in [0.25, 0.3) is 0 Å². The van der Waals surface area contributed by atoms with Gasteiger partial charge in [-0.05, 0) is 51.2 Å². The Hall–Kier alpha value is -1.09. The SMILES string of the molecule is CC1CCN(c2cccc(F)c2CNC(C)(C)C)CC1C. The van der Waals surface area contributed by atoms with Crippen molar-refractivity contribution < 1.29 is 4.39 Å². The van der Waals surface area contributed by atoms with Gasteiger partial charge in [0.1, 0.15) is 5.82 Å². The third-order valence-corrected chi connectivity index (χ3v) is 4.56. The van der Waals surface area contributed by atoms with Crippen molar-refractivity contribution in [1.82, 2.24) is 5.32 Å². The molecule has 2 nitrogen and oxygen atoms in total.